The van der Waals surface area contributed by atoms with E-state index in [1.54, 1.807) is 0 Å². The highest BCUT2D eigenvalue weighted by molar-refractivity contribution is 9.10. The van der Waals surface area contributed by atoms with Crippen molar-refractivity contribution in [3.05, 3.63) is 57.3 Å². The van der Waals surface area contributed by atoms with E-state index >= 15 is 0 Å². The predicted molar refractivity (Wildman–Crippen MR) is 80.0 cm³/mol. The van der Waals surface area contributed by atoms with E-state index in [2.05, 4.69) is 32.8 Å². The summed E-state index contributed by atoms with van der Waals surface area (Å²) < 4.78 is 3.19. The number of hydrogen-bond donors (Lipinski definition) is 1. The summed E-state index contributed by atoms with van der Waals surface area (Å²) in [5.74, 6) is 0. The fraction of sp³-hybridized carbons (Fsp3) is 0.286. The Morgan fingerprint density at radius 2 is 2.17 bits per heavy atom. The third kappa shape index (κ3) is 3.37. The van der Waals surface area contributed by atoms with Crippen molar-refractivity contribution >= 4 is 27.5 Å². The first-order chi connectivity index (χ1) is 8.56. The van der Waals surface area contributed by atoms with Gasteiger partial charge in [-0.05, 0) is 36.8 Å². The molecule has 0 aliphatic heterocycles. The van der Waals surface area contributed by atoms with Crippen LogP contribution < -0.4 is 5.73 Å². The molecule has 1 aromatic carbocycles. The molecule has 18 heavy (non-hydrogen) atoms. The van der Waals surface area contributed by atoms with Gasteiger partial charge in [-0.3, -0.25) is 0 Å². The van der Waals surface area contributed by atoms with E-state index in [4.69, 9.17) is 17.3 Å². The van der Waals surface area contributed by atoms with Crippen molar-refractivity contribution in [1.82, 2.24) is 4.57 Å². The molecule has 0 amide bonds. The summed E-state index contributed by atoms with van der Waals surface area (Å²) >= 11 is 9.65. The van der Waals surface area contributed by atoms with E-state index in [1.165, 1.54) is 5.69 Å². The highest BCUT2D eigenvalue weighted by Crippen LogP contribution is 2.22. The lowest BCUT2D eigenvalue weighted by atomic mass is 10.2. The molecule has 2 N–H and O–H groups in total. The number of hydrogen-bond acceptors (Lipinski definition) is 1. The first kappa shape index (κ1) is 13.7. The van der Waals surface area contributed by atoms with Crippen molar-refractivity contribution in [2.45, 2.75) is 25.9 Å². The van der Waals surface area contributed by atoms with Gasteiger partial charge in [-0.25, -0.2) is 0 Å². The molecular formula is C14H16BrClN2. The van der Waals surface area contributed by atoms with Crippen LogP contribution in [-0.2, 0) is 13.0 Å². The molecule has 2 aromatic rings. The van der Waals surface area contributed by atoms with E-state index in [0.29, 0.717) is 0 Å². The molecule has 4 heteroatoms. The van der Waals surface area contributed by atoms with E-state index in [1.807, 2.05) is 31.2 Å². The van der Waals surface area contributed by atoms with E-state index in [-0.39, 0.29) is 6.04 Å². The largest absolute Gasteiger partial charge is 0.347 e. The van der Waals surface area contributed by atoms with Gasteiger partial charge in [-0.15, -0.1) is 0 Å². The van der Waals surface area contributed by atoms with Crippen LogP contribution in [0.4, 0.5) is 0 Å². The van der Waals surface area contributed by atoms with Crippen LogP contribution in [0.25, 0.3) is 0 Å². The zero-order valence-electron chi connectivity index (χ0n) is 10.2. The number of nitrogens with zero attached hydrogens (tertiary/aromatic N) is 1. The van der Waals surface area contributed by atoms with Crippen LogP contribution in [0.5, 0.6) is 0 Å². The summed E-state index contributed by atoms with van der Waals surface area (Å²) in [6.45, 7) is 2.80. The van der Waals surface area contributed by atoms with Crippen LogP contribution in [0.2, 0.25) is 5.02 Å². The number of nitrogens with two attached hydrogens (primary N) is 1. The second-order valence-electron chi connectivity index (χ2n) is 4.54. The zero-order valence-corrected chi connectivity index (χ0v) is 12.6. The van der Waals surface area contributed by atoms with Gasteiger partial charge in [0, 0.05) is 40.4 Å². The third-order valence-electron chi connectivity index (χ3n) is 2.81. The predicted octanol–water partition coefficient (Wildman–Crippen LogP) is 3.84. The highest BCUT2D eigenvalue weighted by Gasteiger charge is 2.07. The first-order valence-electron chi connectivity index (χ1n) is 5.90. The minimum absolute atomic E-state index is 0.166. The Hall–Kier alpha value is -0.770. The van der Waals surface area contributed by atoms with E-state index in [0.717, 1.165) is 28.0 Å². The molecule has 0 bridgehead atoms. The normalized spacial score (nSPS) is 12.7. The molecule has 0 saturated carbocycles. The maximum Gasteiger partial charge on any atom is 0.0487 e. The summed E-state index contributed by atoms with van der Waals surface area (Å²) in [4.78, 5) is 0. The Labute approximate surface area is 121 Å². The Bertz CT molecular complexity index is 534. The van der Waals surface area contributed by atoms with Crippen LogP contribution in [0.15, 0.2) is 41.0 Å². The monoisotopic (exact) mass is 326 g/mol. The van der Waals surface area contributed by atoms with E-state index in [9.17, 15) is 0 Å². The fourth-order valence-corrected chi connectivity index (χ4v) is 2.69. The van der Waals surface area contributed by atoms with Crippen molar-refractivity contribution in [2.75, 3.05) is 0 Å². The van der Waals surface area contributed by atoms with Gasteiger partial charge >= 0.3 is 0 Å². The lowest BCUT2D eigenvalue weighted by molar-refractivity contribution is 0.666. The highest BCUT2D eigenvalue weighted by atomic mass is 79.9. The van der Waals surface area contributed by atoms with Crippen LogP contribution in [0, 0.1) is 0 Å². The molecule has 0 spiro atoms. The molecule has 1 atom stereocenters. The summed E-state index contributed by atoms with van der Waals surface area (Å²) in [6.07, 6.45) is 2.94. The summed E-state index contributed by atoms with van der Waals surface area (Å²) in [5, 5.41) is 0.782. The Balaban J connectivity index is 2.21. The maximum absolute atomic E-state index is 6.24. The molecule has 1 aromatic heterocycles. The number of rotatable bonds is 4. The quantitative estimate of drug-likeness (QED) is 0.908. The Kier molecular flexibility index (Phi) is 4.49. The van der Waals surface area contributed by atoms with Gasteiger partial charge in [0.05, 0.1) is 0 Å². The molecule has 2 nitrogen and oxygen atoms in total. The Morgan fingerprint density at radius 1 is 1.39 bits per heavy atom. The van der Waals surface area contributed by atoms with Gasteiger partial charge in [0.15, 0.2) is 0 Å². The van der Waals surface area contributed by atoms with Crippen LogP contribution in [0.3, 0.4) is 0 Å². The van der Waals surface area contributed by atoms with Gasteiger partial charge in [0.1, 0.15) is 0 Å². The second-order valence-corrected chi connectivity index (χ2v) is 5.87. The first-order valence-corrected chi connectivity index (χ1v) is 7.07. The standard InChI is InChI=1S/C14H16BrClN2/c1-10(17)7-13-3-2-6-18(13)9-11-4-5-12(15)8-14(11)16/h2-6,8,10H,7,9,17H2,1H3. The van der Waals surface area contributed by atoms with Crippen LogP contribution in [-0.4, -0.2) is 10.6 Å². The minimum atomic E-state index is 0.166. The average molecular weight is 328 g/mol. The molecule has 0 aliphatic carbocycles. The van der Waals surface area contributed by atoms with E-state index < -0.39 is 0 Å². The van der Waals surface area contributed by atoms with Gasteiger partial charge in [-0.1, -0.05) is 33.6 Å². The lowest BCUT2D eigenvalue weighted by Gasteiger charge is -2.12. The van der Waals surface area contributed by atoms with Crippen molar-refractivity contribution in [1.29, 1.82) is 0 Å². The summed E-state index contributed by atoms with van der Waals surface area (Å²) in [5.41, 5.74) is 8.20. The fourth-order valence-electron chi connectivity index (χ4n) is 1.95. The van der Waals surface area contributed by atoms with Crippen molar-refractivity contribution in [3.8, 4) is 0 Å². The van der Waals surface area contributed by atoms with Gasteiger partial charge in [-0.2, -0.15) is 0 Å². The average Bonchev–Trinajstić information content (AvgIpc) is 2.69. The van der Waals surface area contributed by atoms with Gasteiger partial charge in [0.25, 0.3) is 0 Å². The molecule has 0 saturated heterocycles. The van der Waals surface area contributed by atoms with Gasteiger partial charge in [0.2, 0.25) is 0 Å². The molecule has 0 aliphatic rings. The molecule has 0 fully saturated rings. The molecular weight excluding hydrogens is 312 g/mol. The Morgan fingerprint density at radius 3 is 2.83 bits per heavy atom. The number of aromatic nitrogens is 1. The zero-order chi connectivity index (χ0) is 13.1. The number of benzene rings is 1. The molecule has 96 valence electrons. The molecule has 1 unspecified atom stereocenters. The summed E-state index contributed by atoms with van der Waals surface area (Å²) in [7, 11) is 0. The lowest BCUT2D eigenvalue weighted by Crippen LogP contribution is -2.20. The van der Waals surface area contributed by atoms with Crippen molar-refractivity contribution < 1.29 is 0 Å². The number of halogens is 2. The summed E-state index contributed by atoms with van der Waals surface area (Å²) in [6, 6.07) is 10.3. The SMILES string of the molecule is CC(N)Cc1cccn1Cc1ccc(Br)cc1Cl. The van der Waals surface area contributed by atoms with Crippen molar-refractivity contribution in [2.24, 2.45) is 5.73 Å². The molecule has 2 rings (SSSR count). The van der Waals surface area contributed by atoms with Crippen molar-refractivity contribution in [3.63, 3.8) is 0 Å². The molecule has 1 heterocycles. The van der Waals surface area contributed by atoms with Crippen LogP contribution >= 0.6 is 27.5 Å². The van der Waals surface area contributed by atoms with Gasteiger partial charge < -0.3 is 10.3 Å². The second kappa shape index (κ2) is 5.91. The third-order valence-corrected chi connectivity index (χ3v) is 3.66. The minimum Gasteiger partial charge on any atom is -0.347 e. The van der Waals surface area contributed by atoms with Crippen LogP contribution in [0.1, 0.15) is 18.2 Å². The molecule has 0 radical (unpaired) electrons. The topological polar surface area (TPSA) is 30.9 Å². The maximum atomic E-state index is 6.24. The smallest absolute Gasteiger partial charge is 0.0487 e.